The van der Waals surface area contributed by atoms with E-state index in [4.69, 9.17) is 5.26 Å². The van der Waals surface area contributed by atoms with E-state index in [-0.39, 0.29) is 18.2 Å². The van der Waals surface area contributed by atoms with E-state index in [1.807, 2.05) is 46.0 Å². The first kappa shape index (κ1) is 21.0. The molecule has 4 rings (SSSR count). The second-order valence-electron chi connectivity index (χ2n) is 7.13. The number of nitriles is 1. The van der Waals surface area contributed by atoms with Gasteiger partial charge in [0.15, 0.2) is 5.13 Å². The van der Waals surface area contributed by atoms with E-state index >= 15 is 0 Å². The lowest BCUT2D eigenvalue weighted by atomic mass is 10.2. The van der Waals surface area contributed by atoms with Crippen LogP contribution in [-0.2, 0) is 11.2 Å². The number of carbonyl (C=O) groups is 2. The maximum atomic E-state index is 12.8. The normalized spacial score (nSPS) is 14.0. The van der Waals surface area contributed by atoms with Crippen molar-refractivity contribution in [2.75, 3.05) is 36.4 Å². The van der Waals surface area contributed by atoms with Crippen LogP contribution in [0.2, 0.25) is 0 Å². The number of anilines is 2. The van der Waals surface area contributed by atoms with Crippen molar-refractivity contribution in [2.45, 2.75) is 12.8 Å². The third kappa shape index (κ3) is 5.29. The topological polar surface area (TPSA) is 89.3 Å². The molecule has 1 saturated heterocycles. The summed E-state index contributed by atoms with van der Waals surface area (Å²) in [6.45, 7) is 2.96. The maximum Gasteiger partial charge on any atom is 0.267 e. The molecular weight excluding hydrogens is 430 g/mol. The Morgan fingerprint density at radius 3 is 2.68 bits per heavy atom. The van der Waals surface area contributed by atoms with Crippen LogP contribution in [0.3, 0.4) is 0 Å². The van der Waals surface area contributed by atoms with Gasteiger partial charge in [0.2, 0.25) is 5.91 Å². The molecule has 1 aliphatic heterocycles. The van der Waals surface area contributed by atoms with Crippen molar-refractivity contribution >= 4 is 45.3 Å². The van der Waals surface area contributed by atoms with Crippen molar-refractivity contribution in [3.8, 4) is 6.07 Å². The molecule has 3 heterocycles. The summed E-state index contributed by atoms with van der Waals surface area (Å²) in [5, 5.41) is 15.9. The minimum Gasteiger partial charge on any atom is -0.370 e. The quantitative estimate of drug-likeness (QED) is 0.640. The predicted molar refractivity (Wildman–Crippen MR) is 123 cm³/mol. The Balaban J connectivity index is 1.31. The molecule has 0 atom stereocenters. The van der Waals surface area contributed by atoms with Crippen molar-refractivity contribution in [2.24, 2.45) is 0 Å². The summed E-state index contributed by atoms with van der Waals surface area (Å²) in [5.41, 5.74) is 2.38. The summed E-state index contributed by atoms with van der Waals surface area (Å²) >= 11 is 2.70. The zero-order valence-electron chi connectivity index (χ0n) is 16.8. The molecule has 1 aliphatic rings. The van der Waals surface area contributed by atoms with Crippen LogP contribution in [0.1, 0.15) is 27.3 Å². The molecule has 2 amide bonds. The number of nitrogens with one attached hydrogen (secondary N) is 1. The summed E-state index contributed by atoms with van der Waals surface area (Å²) in [7, 11) is 0. The standard InChI is InChI=1S/C22H21N5O2S2/c23-14-16-4-6-18(7-5-16)26-8-2-9-27(11-10-26)20(28)13-17-15-31-22(24-17)25-21(29)19-3-1-12-30-19/h1,3-7,12,15H,2,8-11,13H2,(H,24,25,29). The van der Waals surface area contributed by atoms with Crippen LogP contribution < -0.4 is 10.2 Å². The van der Waals surface area contributed by atoms with Crippen molar-refractivity contribution in [3.05, 3.63) is 63.3 Å². The highest BCUT2D eigenvalue weighted by molar-refractivity contribution is 7.14. The number of benzene rings is 1. The molecular formula is C22H21N5O2S2. The zero-order valence-corrected chi connectivity index (χ0v) is 18.4. The van der Waals surface area contributed by atoms with E-state index in [0.717, 1.165) is 25.2 Å². The van der Waals surface area contributed by atoms with Crippen molar-refractivity contribution < 1.29 is 9.59 Å². The monoisotopic (exact) mass is 451 g/mol. The van der Waals surface area contributed by atoms with Crippen LogP contribution in [0.25, 0.3) is 0 Å². The third-order valence-electron chi connectivity index (χ3n) is 5.06. The van der Waals surface area contributed by atoms with E-state index in [1.165, 1.54) is 22.7 Å². The Hall–Kier alpha value is -3.22. The fourth-order valence-electron chi connectivity index (χ4n) is 3.45. The van der Waals surface area contributed by atoms with Gasteiger partial charge in [-0.25, -0.2) is 4.98 Å². The van der Waals surface area contributed by atoms with E-state index < -0.39 is 0 Å². The third-order valence-corrected chi connectivity index (χ3v) is 6.73. The highest BCUT2D eigenvalue weighted by Crippen LogP contribution is 2.20. The SMILES string of the molecule is N#Cc1ccc(N2CCCN(C(=O)Cc3csc(NC(=O)c4cccs4)n3)CC2)cc1. The summed E-state index contributed by atoms with van der Waals surface area (Å²) < 4.78 is 0. The highest BCUT2D eigenvalue weighted by atomic mass is 32.1. The minimum atomic E-state index is -0.183. The average Bonchev–Trinajstić information content (AvgIpc) is 3.41. The molecule has 0 saturated carbocycles. The smallest absolute Gasteiger partial charge is 0.267 e. The Morgan fingerprint density at radius 1 is 1.10 bits per heavy atom. The van der Waals surface area contributed by atoms with Gasteiger partial charge in [0.1, 0.15) is 0 Å². The molecule has 0 aliphatic carbocycles. The van der Waals surface area contributed by atoms with Gasteiger partial charge in [-0.15, -0.1) is 22.7 Å². The van der Waals surface area contributed by atoms with Gasteiger partial charge in [-0.2, -0.15) is 5.26 Å². The number of thiazole rings is 1. The van der Waals surface area contributed by atoms with E-state index in [0.29, 0.717) is 34.4 Å². The van der Waals surface area contributed by atoms with Crippen LogP contribution in [-0.4, -0.2) is 47.9 Å². The lowest BCUT2D eigenvalue weighted by Crippen LogP contribution is -2.36. The average molecular weight is 452 g/mol. The van der Waals surface area contributed by atoms with Crippen LogP contribution in [0, 0.1) is 11.3 Å². The molecule has 2 aromatic heterocycles. The molecule has 31 heavy (non-hydrogen) atoms. The van der Waals surface area contributed by atoms with Gasteiger partial charge in [-0.1, -0.05) is 6.07 Å². The Bertz CT molecular complexity index is 1090. The van der Waals surface area contributed by atoms with Gasteiger partial charge in [0, 0.05) is 37.2 Å². The first-order chi connectivity index (χ1) is 15.1. The Morgan fingerprint density at radius 2 is 1.94 bits per heavy atom. The van der Waals surface area contributed by atoms with Crippen molar-refractivity contribution in [1.29, 1.82) is 5.26 Å². The molecule has 0 radical (unpaired) electrons. The number of carbonyl (C=O) groups excluding carboxylic acids is 2. The maximum absolute atomic E-state index is 12.8. The fourth-order valence-corrected chi connectivity index (χ4v) is 4.77. The minimum absolute atomic E-state index is 0.0445. The first-order valence-corrected chi connectivity index (χ1v) is 11.7. The lowest BCUT2D eigenvalue weighted by Gasteiger charge is -2.23. The summed E-state index contributed by atoms with van der Waals surface area (Å²) in [5.74, 6) is -0.138. The van der Waals surface area contributed by atoms with E-state index in [1.54, 1.807) is 6.07 Å². The lowest BCUT2D eigenvalue weighted by molar-refractivity contribution is -0.130. The number of aromatic nitrogens is 1. The largest absolute Gasteiger partial charge is 0.370 e. The number of hydrogen-bond acceptors (Lipinski definition) is 7. The van der Waals surface area contributed by atoms with Crippen LogP contribution in [0.4, 0.5) is 10.8 Å². The van der Waals surface area contributed by atoms with Crippen molar-refractivity contribution in [3.63, 3.8) is 0 Å². The molecule has 0 bridgehead atoms. The summed E-state index contributed by atoms with van der Waals surface area (Å²) in [6.07, 6.45) is 1.10. The van der Waals surface area contributed by atoms with E-state index in [2.05, 4.69) is 21.3 Å². The number of amides is 2. The molecule has 158 valence electrons. The number of thiophene rings is 1. The molecule has 0 unspecified atom stereocenters. The van der Waals surface area contributed by atoms with Crippen LogP contribution >= 0.6 is 22.7 Å². The van der Waals surface area contributed by atoms with E-state index in [9.17, 15) is 9.59 Å². The Kier molecular flexibility index (Phi) is 6.60. The van der Waals surface area contributed by atoms with Crippen molar-refractivity contribution in [1.82, 2.24) is 9.88 Å². The Labute approximate surface area is 188 Å². The molecule has 1 N–H and O–H groups in total. The first-order valence-electron chi connectivity index (χ1n) is 9.94. The number of hydrogen-bond donors (Lipinski definition) is 1. The highest BCUT2D eigenvalue weighted by Gasteiger charge is 2.21. The second-order valence-corrected chi connectivity index (χ2v) is 8.94. The molecule has 1 aromatic carbocycles. The van der Waals surface area contributed by atoms with Crippen LogP contribution in [0.5, 0.6) is 0 Å². The van der Waals surface area contributed by atoms with Crippen LogP contribution in [0.15, 0.2) is 47.2 Å². The fraction of sp³-hybridized carbons (Fsp3) is 0.273. The van der Waals surface area contributed by atoms with Gasteiger partial charge in [-0.3, -0.25) is 14.9 Å². The van der Waals surface area contributed by atoms with Gasteiger partial charge in [-0.05, 0) is 42.1 Å². The number of rotatable bonds is 5. The summed E-state index contributed by atoms with van der Waals surface area (Å²) in [6, 6.07) is 13.3. The van der Waals surface area contributed by atoms with Gasteiger partial charge >= 0.3 is 0 Å². The molecule has 3 aromatic rings. The van der Waals surface area contributed by atoms with Gasteiger partial charge in [0.25, 0.3) is 5.91 Å². The molecule has 7 nitrogen and oxygen atoms in total. The molecule has 0 spiro atoms. The second kappa shape index (κ2) is 9.73. The molecule has 1 fully saturated rings. The van der Waals surface area contributed by atoms with Gasteiger partial charge < -0.3 is 9.80 Å². The zero-order chi connectivity index (χ0) is 21.6. The van der Waals surface area contributed by atoms with Gasteiger partial charge in [0.05, 0.1) is 28.6 Å². The number of nitrogens with zero attached hydrogens (tertiary/aromatic N) is 4. The molecule has 9 heteroatoms. The summed E-state index contributed by atoms with van der Waals surface area (Å²) in [4.78, 5) is 34.1. The predicted octanol–water partition coefficient (Wildman–Crippen LogP) is 3.61.